The van der Waals surface area contributed by atoms with E-state index in [9.17, 15) is 4.79 Å². The van der Waals surface area contributed by atoms with Crippen LogP contribution in [0.5, 0.6) is 0 Å². The van der Waals surface area contributed by atoms with E-state index < -0.39 is 0 Å². The first-order chi connectivity index (χ1) is 13.3. The zero-order valence-electron chi connectivity index (χ0n) is 14.8. The lowest BCUT2D eigenvalue weighted by molar-refractivity contribution is 0.0942. The molecule has 27 heavy (non-hydrogen) atoms. The van der Waals surface area contributed by atoms with Crippen LogP contribution in [0.25, 0.3) is 11.3 Å². The van der Waals surface area contributed by atoms with Gasteiger partial charge in [-0.3, -0.25) is 4.79 Å². The van der Waals surface area contributed by atoms with Crippen molar-refractivity contribution in [1.82, 2.24) is 15.5 Å². The van der Waals surface area contributed by atoms with Gasteiger partial charge in [-0.05, 0) is 11.6 Å². The predicted octanol–water partition coefficient (Wildman–Crippen LogP) is 2.50. The maximum atomic E-state index is 12.3. The molecule has 2 aromatic heterocycles. The topological polar surface area (TPSA) is 80.5 Å². The van der Waals surface area contributed by atoms with Gasteiger partial charge in [-0.15, -0.1) is 0 Å². The molecule has 0 radical (unpaired) electrons. The fraction of sp³-hybridized carbons (Fsp3) is 0.250. The number of hydrogen-bond donors (Lipinski definition) is 1. The second kappa shape index (κ2) is 8.01. The molecule has 1 aromatic carbocycles. The minimum Gasteiger partial charge on any atom is -0.378 e. The minimum atomic E-state index is -0.279. The second-order valence-electron chi connectivity index (χ2n) is 6.25. The highest BCUT2D eigenvalue weighted by molar-refractivity contribution is 5.93. The Balaban J connectivity index is 1.34. The average molecular weight is 364 g/mol. The zero-order valence-corrected chi connectivity index (χ0v) is 14.8. The molecule has 0 spiro atoms. The highest BCUT2D eigenvalue weighted by Gasteiger charge is 2.14. The van der Waals surface area contributed by atoms with Gasteiger partial charge in [0.15, 0.2) is 11.5 Å². The number of amides is 1. The lowest BCUT2D eigenvalue weighted by Gasteiger charge is -2.27. The van der Waals surface area contributed by atoms with Gasteiger partial charge in [0.25, 0.3) is 5.91 Å². The van der Waals surface area contributed by atoms with Gasteiger partial charge in [-0.1, -0.05) is 41.6 Å². The fourth-order valence-electron chi connectivity index (χ4n) is 2.89. The average Bonchev–Trinajstić information content (AvgIpc) is 3.24. The lowest BCUT2D eigenvalue weighted by Crippen LogP contribution is -2.36. The van der Waals surface area contributed by atoms with Crippen LogP contribution in [0.15, 0.2) is 59.3 Å². The molecule has 0 bridgehead atoms. The van der Waals surface area contributed by atoms with E-state index in [-0.39, 0.29) is 11.6 Å². The van der Waals surface area contributed by atoms with Crippen LogP contribution in [-0.2, 0) is 11.3 Å². The summed E-state index contributed by atoms with van der Waals surface area (Å²) in [4.78, 5) is 19.0. The number of anilines is 1. The number of ether oxygens (including phenoxy) is 1. The van der Waals surface area contributed by atoms with E-state index in [4.69, 9.17) is 9.26 Å². The molecule has 3 aromatic rings. The number of hydrogen-bond acceptors (Lipinski definition) is 6. The first-order valence-corrected chi connectivity index (χ1v) is 8.87. The van der Waals surface area contributed by atoms with Crippen molar-refractivity contribution < 1.29 is 14.1 Å². The normalized spacial score (nSPS) is 14.1. The molecule has 4 rings (SSSR count). The Morgan fingerprint density at radius 3 is 2.67 bits per heavy atom. The van der Waals surface area contributed by atoms with Crippen LogP contribution in [0.4, 0.5) is 5.82 Å². The molecule has 7 nitrogen and oxygen atoms in total. The third-order valence-corrected chi connectivity index (χ3v) is 4.40. The van der Waals surface area contributed by atoms with Gasteiger partial charge >= 0.3 is 0 Å². The fourth-order valence-corrected chi connectivity index (χ4v) is 2.89. The first kappa shape index (κ1) is 17.2. The molecule has 1 fully saturated rings. The number of rotatable bonds is 5. The Hall–Kier alpha value is -3.19. The van der Waals surface area contributed by atoms with Gasteiger partial charge in [0.05, 0.1) is 13.2 Å². The van der Waals surface area contributed by atoms with Crippen LogP contribution < -0.4 is 10.2 Å². The van der Waals surface area contributed by atoms with E-state index in [2.05, 4.69) is 20.4 Å². The second-order valence-corrected chi connectivity index (χ2v) is 6.25. The van der Waals surface area contributed by atoms with Crippen molar-refractivity contribution in [2.24, 2.45) is 0 Å². The zero-order chi connectivity index (χ0) is 18.5. The van der Waals surface area contributed by atoms with E-state index in [0.29, 0.717) is 12.3 Å². The van der Waals surface area contributed by atoms with Crippen LogP contribution in [0.2, 0.25) is 0 Å². The van der Waals surface area contributed by atoms with E-state index >= 15 is 0 Å². The monoisotopic (exact) mass is 364 g/mol. The molecule has 0 unspecified atom stereocenters. The van der Waals surface area contributed by atoms with E-state index in [1.807, 2.05) is 42.5 Å². The van der Waals surface area contributed by atoms with Gasteiger partial charge in [0.2, 0.25) is 0 Å². The van der Waals surface area contributed by atoms with Crippen LogP contribution in [0, 0.1) is 0 Å². The number of pyridine rings is 1. The Morgan fingerprint density at radius 2 is 1.93 bits per heavy atom. The number of carbonyl (C=O) groups excluding carboxylic acids is 1. The Morgan fingerprint density at radius 1 is 1.11 bits per heavy atom. The van der Waals surface area contributed by atoms with Crippen molar-refractivity contribution in [2.75, 3.05) is 31.2 Å². The van der Waals surface area contributed by atoms with E-state index in [0.717, 1.165) is 43.2 Å². The Kier molecular flexibility index (Phi) is 5.11. The molecule has 1 amide bonds. The highest BCUT2D eigenvalue weighted by Crippen LogP contribution is 2.19. The van der Waals surface area contributed by atoms with Crippen LogP contribution in [0.1, 0.15) is 16.1 Å². The summed E-state index contributed by atoms with van der Waals surface area (Å²) < 4.78 is 10.6. The van der Waals surface area contributed by atoms with Gasteiger partial charge < -0.3 is 19.5 Å². The largest absolute Gasteiger partial charge is 0.378 e. The smallest absolute Gasteiger partial charge is 0.273 e. The molecule has 138 valence electrons. The summed E-state index contributed by atoms with van der Waals surface area (Å²) in [5, 5.41) is 6.70. The minimum absolute atomic E-state index is 0.256. The van der Waals surface area contributed by atoms with Gasteiger partial charge in [0, 0.05) is 37.5 Å². The number of morpholine rings is 1. The summed E-state index contributed by atoms with van der Waals surface area (Å²) in [6.45, 7) is 3.52. The summed E-state index contributed by atoms with van der Waals surface area (Å²) in [6, 6.07) is 15.1. The molecule has 0 atom stereocenters. The van der Waals surface area contributed by atoms with Crippen molar-refractivity contribution >= 4 is 11.7 Å². The van der Waals surface area contributed by atoms with Crippen molar-refractivity contribution in [3.8, 4) is 11.3 Å². The number of aromatic nitrogens is 2. The maximum Gasteiger partial charge on any atom is 0.273 e. The standard InChI is InChI=1S/C20H20N4O3/c25-20(17-12-18(27-23-17)16-4-2-1-3-5-16)22-14-15-6-7-19(21-13-15)24-8-10-26-11-9-24/h1-7,12-13H,8-11,14H2,(H,22,25). The molecule has 0 aliphatic carbocycles. The highest BCUT2D eigenvalue weighted by atomic mass is 16.5. The molecular formula is C20H20N4O3. The van der Waals surface area contributed by atoms with E-state index in [1.54, 1.807) is 12.3 Å². The van der Waals surface area contributed by atoms with Crippen molar-refractivity contribution in [3.63, 3.8) is 0 Å². The van der Waals surface area contributed by atoms with E-state index in [1.165, 1.54) is 0 Å². The molecular weight excluding hydrogens is 344 g/mol. The first-order valence-electron chi connectivity index (χ1n) is 8.87. The SMILES string of the molecule is O=C(NCc1ccc(N2CCOCC2)nc1)c1cc(-c2ccccc2)on1. The quantitative estimate of drug-likeness (QED) is 0.749. The summed E-state index contributed by atoms with van der Waals surface area (Å²) in [5.74, 6) is 1.22. The number of nitrogens with one attached hydrogen (secondary N) is 1. The lowest BCUT2D eigenvalue weighted by atomic mass is 10.1. The summed E-state index contributed by atoms with van der Waals surface area (Å²) >= 11 is 0. The Labute approximate surface area is 156 Å². The number of nitrogens with zero attached hydrogens (tertiary/aromatic N) is 3. The third-order valence-electron chi connectivity index (χ3n) is 4.40. The van der Waals surface area contributed by atoms with Crippen LogP contribution in [0.3, 0.4) is 0 Å². The van der Waals surface area contributed by atoms with Crippen molar-refractivity contribution in [1.29, 1.82) is 0 Å². The predicted molar refractivity (Wildman–Crippen MR) is 100 cm³/mol. The molecule has 1 saturated heterocycles. The maximum absolute atomic E-state index is 12.3. The van der Waals surface area contributed by atoms with Crippen LogP contribution in [-0.4, -0.2) is 42.4 Å². The molecule has 1 aliphatic rings. The van der Waals surface area contributed by atoms with Crippen molar-refractivity contribution in [2.45, 2.75) is 6.54 Å². The molecule has 3 heterocycles. The van der Waals surface area contributed by atoms with Crippen molar-refractivity contribution in [3.05, 3.63) is 66.0 Å². The van der Waals surface area contributed by atoms with Gasteiger partial charge in [-0.25, -0.2) is 4.98 Å². The number of benzene rings is 1. The number of carbonyl (C=O) groups is 1. The Bertz CT molecular complexity index is 887. The van der Waals surface area contributed by atoms with Crippen LogP contribution >= 0.6 is 0 Å². The molecule has 0 saturated carbocycles. The van der Waals surface area contributed by atoms with Gasteiger partial charge in [-0.2, -0.15) is 0 Å². The van der Waals surface area contributed by atoms with Gasteiger partial charge in [0.1, 0.15) is 5.82 Å². The summed E-state index contributed by atoms with van der Waals surface area (Å²) in [5.41, 5.74) is 2.06. The molecule has 7 heteroatoms. The third kappa shape index (κ3) is 4.15. The summed E-state index contributed by atoms with van der Waals surface area (Å²) in [7, 11) is 0. The molecule has 1 N–H and O–H groups in total. The molecule has 1 aliphatic heterocycles. The summed E-state index contributed by atoms with van der Waals surface area (Å²) in [6.07, 6.45) is 1.78.